The predicted molar refractivity (Wildman–Crippen MR) is 79.0 cm³/mol. The van der Waals surface area contributed by atoms with Crippen molar-refractivity contribution < 1.29 is 4.92 Å². The first kappa shape index (κ1) is 14.1. The van der Waals surface area contributed by atoms with Gasteiger partial charge in [0, 0.05) is 32.4 Å². The van der Waals surface area contributed by atoms with Gasteiger partial charge in [-0.2, -0.15) is 0 Å². The molecule has 0 aromatic carbocycles. The Hall–Kier alpha value is -1.82. The van der Waals surface area contributed by atoms with E-state index in [2.05, 4.69) is 14.8 Å². The van der Waals surface area contributed by atoms with E-state index < -0.39 is 0 Å². The molecule has 2 aliphatic heterocycles. The Labute approximate surface area is 128 Å². The van der Waals surface area contributed by atoms with Crippen LogP contribution in [0.3, 0.4) is 0 Å². The van der Waals surface area contributed by atoms with Crippen LogP contribution in [0.25, 0.3) is 0 Å². The fraction of sp³-hybridized carbons (Fsp3) is 0.500. The number of hydrogen-bond acceptors (Lipinski definition) is 5. The lowest BCUT2D eigenvalue weighted by atomic mass is 10.00. The fourth-order valence-corrected chi connectivity index (χ4v) is 3.15. The number of fused-ring (bicyclic) bond motifs is 1. The second-order valence-corrected chi connectivity index (χ2v) is 5.94. The normalized spacial score (nSPS) is 21.7. The Balaban J connectivity index is 1.90. The minimum atomic E-state index is -0.218. The van der Waals surface area contributed by atoms with Gasteiger partial charge >= 0.3 is 0 Å². The molecule has 0 radical (unpaired) electrons. The highest BCUT2D eigenvalue weighted by Crippen LogP contribution is 2.33. The first-order valence-corrected chi connectivity index (χ1v) is 7.43. The Morgan fingerprint density at radius 3 is 2.90 bits per heavy atom. The van der Waals surface area contributed by atoms with Gasteiger partial charge in [-0.25, -0.2) is 4.98 Å². The van der Waals surface area contributed by atoms with E-state index in [0.717, 1.165) is 37.4 Å². The molecule has 112 valence electrons. The Morgan fingerprint density at radius 2 is 2.24 bits per heavy atom. The van der Waals surface area contributed by atoms with Crippen molar-refractivity contribution >= 4 is 11.6 Å². The Bertz CT molecular complexity index is 587. The summed E-state index contributed by atoms with van der Waals surface area (Å²) in [5.41, 5.74) is 1.36. The van der Waals surface area contributed by atoms with E-state index in [0.29, 0.717) is 17.4 Å². The van der Waals surface area contributed by atoms with Gasteiger partial charge in [-0.15, -0.1) is 0 Å². The molecule has 6 nitrogen and oxygen atoms in total. The van der Waals surface area contributed by atoms with Crippen LogP contribution in [-0.4, -0.2) is 39.3 Å². The van der Waals surface area contributed by atoms with E-state index >= 15 is 0 Å². The van der Waals surface area contributed by atoms with Crippen molar-refractivity contribution in [3.63, 3.8) is 0 Å². The lowest BCUT2D eigenvalue weighted by Crippen LogP contribution is -2.34. The highest BCUT2D eigenvalue weighted by atomic mass is 35.5. The molecule has 0 N–H and O–H groups in total. The van der Waals surface area contributed by atoms with Crippen molar-refractivity contribution in [2.24, 2.45) is 5.92 Å². The molecule has 0 amide bonds. The maximum absolute atomic E-state index is 11.4. The van der Waals surface area contributed by atoms with Crippen LogP contribution < -0.4 is 0 Å². The third-order valence-corrected chi connectivity index (χ3v) is 4.35. The smallest absolute Gasteiger partial charge is 0.288 e. The van der Waals surface area contributed by atoms with Crippen molar-refractivity contribution in [3.05, 3.63) is 50.7 Å². The molecular formula is C14H17ClN4O2. The number of halogens is 1. The Morgan fingerprint density at radius 1 is 1.43 bits per heavy atom. The van der Waals surface area contributed by atoms with Gasteiger partial charge in [0.05, 0.1) is 10.8 Å². The topological polar surface area (TPSA) is 62.5 Å². The van der Waals surface area contributed by atoms with Crippen molar-refractivity contribution in [2.45, 2.75) is 19.9 Å². The average Bonchev–Trinajstić information content (AvgIpc) is 2.84. The van der Waals surface area contributed by atoms with E-state index in [1.807, 2.05) is 13.0 Å². The summed E-state index contributed by atoms with van der Waals surface area (Å²) < 4.78 is 0. The molecule has 1 aromatic heterocycles. The molecule has 7 heteroatoms. The van der Waals surface area contributed by atoms with Crippen LogP contribution in [0.2, 0.25) is 5.15 Å². The molecule has 21 heavy (non-hydrogen) atoms. The van der Waals surface area contributed by atoms with Gasteiger partial charge in [0.25, 0.3) is 5.70 Å². The van der Waals surface area contributed by atoms with Gasteiger partial charge in [0.2, 0.25) is 0 Å². The molecular weight excluding hydrogens is 292 g/mol. The first-order chi connectivity index (χ1) is 10.1. The molecule has 1 atom stereocenters. The van der Waals surface area contributed by atoms with Crippen LogP contribution in [-0.2, 0) is 6.54 Å². The summed E-state index contributed by atoms with van der Waals surface area (Å²) in [5, 5.41) is 11.9. The van der Waals surface area contributed by atoms with Gasteiger partial charge in [-0.3, -0.25) is 10.1 Å². The highest BCUT2D eigenvalue weighted by molar-refractivity contribution is 6.29. The third kappa shape index (κ3) is 2.68. The summed E-state index contributed by atoms with van der Waals surface area (Å²) in [6.45, 7) is 5.11. The number of hydrogen-bond donors (Lipinski definition) is 0. The van der Waals surface area contributed by atoms with Gasteiger partial charge in [-0.1, -0.05) is 24.6 Å². The lowest BCUT2D eigenvalue weighted by molar-refractivity contribution is -0.438. The van der Waals surface area contributed by atoms with E-state index in [9.17, 15) is 10.1 Å². The largest absolute Gasteiger partial charge is 0.351 e. The molecule has 1 aromatic rings. The number of nitro groups is 1. The average molecular weight is 309 g/mol. The van der Waals surface area contributed by atoms with Crippen LogP contribution in [0.1, 0.15) is 18.9 Å². The molecule has 3 rings (SSSR count). The monoisotopic (exact) mass is 308 g/mol. The molecule has 2 aliphatic rings. The number of rotatable bonds is 3. The summed E-state index contributed by atoms with van der Waals surface area (Å²) in [7, 11) is 0. The van der Waals surface area contributed by atoms with E-state index in [-0.39, 0.29) is 10.8 Å². The lowest BCUT2D eigenvalue weighted by Gasteiger charge is -2.30. The van der Waals surface area contributed by atoms with Gasteiger partial charge in [-0.05, 0) is 18.1 Å². The third-order valence-electron chi connectivity index (χ3n) is 4.13. The molecule has 0 unspecified atom stereocenters. The maximum atomic E-state index is 11.4. The summed E-state index contributed by atoms with van der Waals surface area (Å²) >= 11 is 5.79. The number of nitrogens with zero attached hydrogens (tertiary/aromatic N) is 4. The standard InChI is InChI=1S/C14H17ClN4O2/c1-10-4-5-17-6-7-18(14(17)13(10)19(20)21)9-11-2-3-12(15)16-8-11/h2-3,8,10H,4-7,9H2,1H3/t10-/m1/s1. The van der Waals surface area contributed by atoms with Crippen molar-refractivity contribution in [3.8, 4) is 0 Å². The predicted octanol–water partition coefficient (Wildman–Crippen LogP) is 2.34. The summed E-state index contributed by atoms with van der Waals surface area (Å²) in [4.78, 5) is 19.5. The van der Waals surface area contributed by atoms with Crippen LogP contribution in [0, 0.1) is 16.0 Å². The van der Waals surface area contributed by atoms with Crippen LogP contribution in [0.15, 0.2) is 29.8 Å². The van der Waals surface area contributed by atoms with Gasteiger partial charge < -0.3 is 9.80 Å². The molecule has 0 aliphatic carbocycles. The minimum Gasteiger partial charge on any atom is -0.351 e. The number of allylic oxidation sites excluding steroid dienone is 1. The Kier molecular flexibility index (Phi) is 3.71. The van der Waals surface area contributed by atoms with Gasteiger partial charge in [0.15, 0.2) is 5.82 Å². The quantitative estimate of drug-likeness (QED) is 0.487. The van der Waals surface area contributed by atoms with Crippen LogP contribution >= 0.6 is 11.6 Å². The summed E-state index contributed by atoms with van der Waals surface area (Å²) in [5.74, 6) is 0.781. The van der Waals surface area contributed by atoms with Crippen molar-refractivity contribution in [1.29, 1.82) is 0 Å². The fourth-order valence-electron chi connectivity index (χ4n) is 3.04. The first-order valence-electron chi connectivity index (χ1n) is 7.05. The second kappa shape index (κ2) is 5.52. The molecule has 1 fully saturated rings. The summed E-state index contributed by atoms with van der Waals surface area (Å²) in [6, 6.07) is 3.66. The van der Waals surface area contributed by atoms with Crippen molar-refractivity contribution in [2.75, 3.05) is 19.6 Å². The van der Waals surface area contributed by atoms with E-state index in [4.69, 9.17) is 11.6 Å². The SMILES string of the molecule is C[C@@H]1CCN2CCN(Cc3ccc(Cl)nc3)C2=C1[N+](=O)[O-]. The molecule has 3 heterocycles. The van der Waals surface area contributed by atoms with Crippen molar-refractivity contribution in [1.82, 2.24) is 14.8 Å². The number of aromatic nitrogens is 1. The van der Waals surface area contributed by atoms with E-state index in [1.165, 1.54) is 0 Å². The van der Waals surface area contributed by atoms with Crippen LogP contribution in [0.5, 0.6) is 0 Å². The molecule has 0 bridgehead atoms. The second-order valence-electron chi connectivity index (χ2n) is 5.55. The zero-order valence-corrected chi connectivity index (χ0v) is 12.6. The zero-order valence-electron chi connectivity index (χ0n) is 11.8. The number of pyridine rings is 1. The maximum Gasteiger partial charge on any atom is 0.288 e. The summed E-state index contributed by atoms with van der Waals surface area (Å²) in [6.07, 6.45) is 2.57. The zero-order chi connectivity index (χ0) is 15.0. The molecule has 1 saturated heterocycles. The van der Waals surface area contributed by atoms with Gasteiger partial charge in [0.1, 0.15) is 5.15 Å². The minimum absolute atomic E-state index is 0.00445. The molecule has 0 spiro atoms. The van der Waals surface area contributed by atoms with Crippen LogP contribution in [0.4, 0.5) is 0 Å². The highest BCUT2D eigenvalue weighted by Gasteiger charge is 2.40. The van der Waals surface area contributed by atoms with E-state index in [1.54, 1.807) is 12.3 Å². The molecule has 0 saturated carbocycles.